The van der Waals surface area contributed by atoms with E-state index in [9.17, 15) is 19.8 Å². The lowest BCUT2D eigenvalue weighted by atomic mass is 10.1. The van der Waals surface area contributed by atoms with Gasteiger partial charge in [-0.15, -0.1) is 0 Å². The standard InChI is InChI=1S/C18H15NO6S2/c20-12-5-3-10(8-13(12)21)14-6-4-11(25-14)9-15-17(24)19(18(26)27-15)7-1-2-16(22)23/h3-6,8-9,20-21H,1-2,7H2,(H,22,23). The van der Waals surface area contributed by atoms with Crippen molar-refractivity contribution in [2.75, 3.05) is 6.54 Å². The fourth-order valence-corrected chi connectivity index (χ4v) is 3.76. The average molecular weight is 405 g/mol. The highest BCUT2D eigenvalue weighted by Gasteiger charge is 2.31. The van der Waals surface area contributed by atoms with E-state index >= 15 is 0 Å². The zero-order chi connectivity index (χ0) is 19.6. The van der Waals surface area contributed by atoms with E-state index in [4.69, 9.17) is 21.7 Å². The van der Waals surface area contributed by atoms with E-state index in [1.807, 2.05) is 0 Å². The fourth-order valence-electron chi connectivity index (χ4n) is 2.47. The van der Waals surface area contributed by atoms with Crippen molar-refractivity contribution in [2.24, 2.45) is 0 Å². The minimum absolute atomic E-state index is 0.0306. The normalized spacial score (nSPS) is 15.7. The summed E-state index contributed by atoms with van der Waals surface area (Å²) in [5, 5.41) is 27.7. The monoisotopic (exact) mass is 405 g/mol. The van der Waals surface area contributed by atoms with Gasteiger partial charge < -0.3 is 19.7 Å². The Hall–Kier alpha value is -2.78. The number of amides is 1. The molecule has 27 heavy (non-hydrogen) atoms. The maximum absolute atomic E-state index is 12.5. The quantitative estimate of drug-likeness (QED) is 0.381. The molecular weight excluding hydrogens is 390 g/mol. The number of carbonyl (C=O) groups is 2. The van der Waals surface area contributed by atoms with Gasteiger partial charge in [0.2, 0.25) is 0 Å². The van der Waals surface area contributed by atoms with E-state index in [1.165, 1.54) is 17.0 Å². The van der Waals surface area contributed by atoms with E-state index in [1.54, 1.807) is 24.3 Å². The Morgan fingerprint density at radius 2 is 2.00 bits per heavy atom. The number of benzene rings is 1. The lowest BCUT2D eigenvalue weighted by molar-refractivity contribution is -0.137. The summed E-state index contributed by atoms with van der Waals surface area (Å²) in [6.45, 7) is 0.254. The van der Waals surface area contributed by atoms with Gasteiger partial charge in [-0.1, -0.05) is 24.0 Å². The third kappa shape index (κ3) is 4.32. The number of phenolic OH excluding ortho intramolecular Hbond substituents is 2. The molecule has 3 N–H and O–H groups in total. The van der Waals surface area contributed by atoms with Crippen LogP contribution in [0.5, 0.6) is 11.5 Å². The van der Waals surface area contributed by atoms with Crippen LogP contribution in [0, 0.1) is 0 Å². The predicted octanol–water partition coefficient (Wildman–Crippen LogP) is 3.42. The molecule has 0 unspecified atom stereocenters. The zero-order valence-corrected chi connectivity index (χ0v) is 15.5. The summed E-state index contributed by atoms with van der Waals surface area (Å²) in [4.78, 5) is 24.8. The van der Waals surface area contributed by atoms with Crippen molar-refractivity contribution in [3.05, 3.63) is 41.0 Å². The fraction of sp³-hybridized carbons (Fsp3) is 0.167. The van der Waals surface area contributed by atoms with Gasteiger partial charge in [0.05, 0.1) is 4.91 Å². The minimum atomic E-state index is -0.917. The lowest BCUT2D eigenvalue weighted by Crippen LogP contribution is -2.29. The Morgan fingerprint density at radius 3 is 2.70 bits per heavy atom. The van der Waals surface area contributed by atoms with Crippen LogP contribution in [-0.2, 0) is 9.59 Å². The molecule has 1 aliphatic rings. The smallest absolute Gasteiger partial charge is 0.303 e. The Bertz CT molecular complexity index is 949. The molecule has 9 heteroatoms. The number of carboxylic acids is 1. The second-order valence-electron chi connectivity index (χ2n) is 5.74. The van der Waals surface area contributed by atoms with Crippen molar-refractivity contribution < 1.29 is 29.3 Å². The van der Waals surface area contributed by atoms with Crippen molar-refractivity contribution in [3.8, 4) is 22.8 Å². The first-order valence-corrected chi connectivity index (χ1v) is 9.17. The Balaban J connectivity index is 1.74. The van der Waals surface area contributed by atoms with Crippen LogP contribution in [-0.4, -0.2) is 43.0 Å². The number of aliphatic carboxylic acids is 1. The van der Waals surface area contributed by atoms with Crippen molar-refractivity contribution in [1.82, 2.24) is 4.90 Å². The number of nitrogens with zero attached hydrogens (tertiary/aromatic N) is 1. The number of carboxylic acid groups (broad SMARTS) is 1. The van der Waals surface area contributed by atoms with Crippen LogP contribution in [0.25, 0.3) is 17.4 Å². The molecule has 1 aromatic heterocycles. The van der Waals surface area contributed by atoms with E-state index in [0.29, 0.717) is 32.7 Å². The second-order valence-corrected chi connectivity index (χ2v) is 7.41. The average Bonchev–Trinajstić information content (AvgIpc) is 3.17. The summed E-state index contributed by atoms with van der Waals surface area (Å²) >= 11 is 6.33. The molecule has 1 saturated heterocycles. The van der Waals surface area contributed by atoms with Crippen LogP contribution in [0.4, 0.5) is 0 Å². The summed E-state index contributed by atoms with van der Waals surface area (Å²) in [6.07, 6.45) is 1.86. The van der Waals surface area contributed by atoms with Gasteiger partial charge in [0, 0.05) is 24.6 Å². The van der Waals surface area contributed by atoms with E-state index in [-0.39, 0.29) is 30.4 Å². The molecule has 0 radical (unpaired) electrons. The molecule has 0 spiro atoms. The number of thioether (sulfide) groups is 1. The predicted molar refractivity (Wildman–Crippen MR) is 104 cm³/mol. The minimum Gasteiger partial charge on any atom is -0.504 e. The summed E-state index contributed by atoms with van der Waals surface area (Å²) in [5.74, 6) is -0.781. The number of hydrogen-bond donors (Lipinski definition) is 3. The van der Waals surface area contributed by atoms with E-state index in [2.05, 4.69) is 0 Å². The number of furan rings is 1. The lowest BCUT2D eigenvalue weighted by Gasteiger charge is -2.13. The van der Waals surface area contributed by atoms with Gasteiger partial charge in [-0.05, 0) is 36.8 Å². The van der Waals surface area contributed by atoms with Gasteiger partial charge in [0.25, 0.3) is 5.91 Å². The molecule has 0 bridgehead atoms. The van der Waals surface area contributed by atoms with Gasteiger partial charge in [-0.2, -0.15) is 0 Å². The number of thiocarbonyl (C=S) groups is 1. The molecule has 0 aliphatic carbocycles. The first kappa shape index (κ1) is 19.0. The van der Waals surface area contributed by atoms with E-state index < -0.39 is 5.97 Å². The first-order valence-electron chi connectivity index (χ1n) is 7.94. The number of aromatic hydroxyl groups is 2. The topological polar surface area (TPSA) is 111 Å². The third-order valence-corrected chi connectivity index (χ3v) is 5.18. The van der Waals surface area contributed by atoms with Crippen LogP contribution in [0.15, 0.2) is 39.7 Å². The Morgan fingerprint density at radius 1 is 1.22 bits per heavy atom. The SMILES string of the molecule is O=C(O)CCCN1C(=O)C(=Cc2ccc(-c3ccc(O)c(O)c3)o2)SC1=S. The second kappa shape index (κ2) is 7.85. The first-order chi connectivity index (χ1) is 12.8. The van der Waals surface area contributed by atoms with Gasteiger partial charge in [0.15, 0.2) is 11.5 Å². The van der Waals surface area contributed by atoms with Crippen molar-refractivity contribution in [3.63, 3.8) is 0 Å². The Kier molecular flexibility index (Phi) is 5.52. The number of phenols is 2. The molecule has 1 amide bonds. The van der Waals surface area contributed by atoms with Gasteiger partial charge in [-0.25, -0.2) is 0 Å². The van der Waals surface area contributed by atoms with Crippen molar-refractivity contribution in [1.29, 1.82) is 0 Å². The van der Waals surface area contributed by atoms with Crippen LogP contribution >= 0.6 is 24.0 Å². The summed E-state index contributed by atoms with van der Waals surface area (Å²) in [6, 6.07) is 7.69. The third-order valence-electron chi connectivity index (χ3n) is 3.81. The highest BCUT2D eigenvalue weighted by molar-refractivity contribution is 8.26. The molecule has 7 nitrogen and oxygen atoms in total. The zero-order valence-electron chi connectivity index (χ0n) is 13.9. The Labute approximate surface area is 163 Å². The summed E-state index contributed by atoms with van der Waals surface area (Å²) in [5.41, 5.74) is 0.575. The molecule has 140 valence electrons. The van der Waals surface area contributed by atoms with Crippen LogP contribution in [0.2, 0.25) is 0 Å². The van der Waals surface area contributed by atoms with Gasteiger partial charge >= 0.3 is 5.97 Å². The summed E-state index contributed by atoms with van der Waals surface area (Å²) < 4.78 is 6.07. The molecule has 1 aliphatic heterocycles. The van der Waals surface area contributed by atoms with Gasteiger partial charge in [0.1, 0.15) is 15.8 Å². The summed E-state index contributed by atoms with van der Waals surface area (Å²) in [7, 11) is 0. The maximum atomic E-state index is 12.5. The molecular formula is C18H15NO6S2. The number of carbonyl (C=O) groups excluding carboxylic acids is 1. The van der Waals surface area contributed by atoms with Crippen molar-refractivity contribution in [2.45, 2.75) is 12.8 Å². The van der Waals surface area contributed by atoms with Crippen LogP contribution in [0.3, 0.4) is 0 Å². The molecule has 0 atom stereocenters. The largest absolute Gasteiger partial charge is 0.504 e. The molecule has 3 rings (SSSR count). The molecule has 1 fully saturated rings. The molecule has 2 aromatic rings. The van der Waals surface area contributed by atoms with Gasteiger partial charge in [-0.3, -0.25) is 14.5 Å². The van der Waals surface area contributed by atoms with Crippen LogP contribution in [0.1, 0.15) is 18.6 Å². The van der Waals surface area contributed by atoms with E-state index in [0.717, 1.165) is 11.8 Å². The maximum Gasteiger partial charge on any atom is 0.303 e. The molecule has 0 saturated carbocycles. The highest BCUT2D eigenvalue weighted by Crippen LogP contribution is 2.35. The molecule has 2 heterocycles. The van der Waals surface area contributed by atoms with Crippen molar-refractivity contribution >= 4 is 46.3 Å². The number of hydrogen-bond acceptors (Lipinski definition) is 7. The van der Waals surface area contributed by atoms with Crippen LogP contribution < -0.4 is 0 Å². The molecule has 1 aromatic carbocycles. The number of rotatable bonds is 6. The highest BCUT2D eigenvalue weighted by atomic mass is 32.2.